The van der Waals surface area contributed by atoms with Crippen LogP contribution in [-0.2, 0) is 57.2 Å². The van der Waals surface area contributed by atoms with Crippen molar-refractivity contribution in [3.8, 4) is 0 Å². The summed E-state index contributed by atoms with van der Waals surface area (Å²) in [5.41, 5.74) is -4.84. The van der Waals surface area contributed by atoms with Crippen molar-refractivity contribution in [1.29, 1.82) is 0 Å². The molecular formula is C39H60Br2O12. The fourth-order valence-corrected chi connectivity index (χ4v) is 7.31. The van der Waals surface area contributed by atoms with Crippen molar-refractivity contribution >= 4 is 67.7 Å². The molecule has 0 N–H and O–H groups in total. The zero-order chi connectivity index (χ0) is 40.5. The summed E-state index contributed by atoms with van der Waals surface area (Å²) in [6.45, 7) is 7.43. The average Bonchev–Trinajstić information content (AvgIpc) is 3.17. The number of hydrogen-bond acceptors (Lipinski definition) is 12. The number of ether oxygens (including phenoxy) is 6. The van der Waals surface area contributed by atoms with Crippen LogP contribution >= 0.6 is 31.9 Å². The van der Waals surface area contributed by atoms with Gasteiger partial charge in [0.25, 0.3) is 0 Å². The second-order valence-electron chi connectivity index (χ2n) is 13.1. The molecular weight excluding hydrogens is 820 g/mol. The van der Waals surface area contributed by atoms with E-state index < -0.39 is 52.1 Å². The number of carbonyl (C=O) groups excluding carboxylic acids is 6. The van der Waals surface area contributed by atoms with Crippen LogP contribution in [0.1, 0.15) is 116 Å². The first-order chi connectivity index (χ1) is 25.2. The molecule has 0 aliphatic rings. The lowest BCUT2D eigenvalue weighted by Crippen LogP contribution is -2.44. The lowest BCUT2D eigenvalue weighted by Gasteiger charge is -2.33. The van der Waals surface area contributed by atoms with E-state index in [1.807, 2.05) is 6.08 Å². The summed E-state index contributed by atoms with van der Waals surface area (Å²) in [5, 5.41) is 0. The second kappa shape index (κ2) is 26.7. The second-order valence-corrected chi connectivity index (χ2v) is 15.8. The van der Waals surface area contributed by atoms with Crippen LogP contribution in [0.3, 0.4) is 0 Å². The molecule has 12 nitrogen and oxygen atoms in total. The maximum atomic E-state index is 13.5. The summed E-state index contributed by atoms with van der Waals surface area (Å²) in [7, 11) is 7.10. The standard InChI is InChI=1S/C39H60Br2O12/c1-9-11-12-13-14-15-16-17-20-24-37(31(42)48-3,32(43)49-4)25-21-18-19-22-26-39(35(46)52-7,36(47)53-8)28-29(30(40)41)27-38(23-10-2,33(44)50-5)34(45)51-6/h9-10H,1-2,11-28H2,3-8H3. The number of carbonyl (C=O) groups is 6. The van der Waals surface area contributed by atoms with Gasteiger partial charge in [-0.25, -0.2) is 0 Å². The number of hydrogen-bond donors (Lipinski definition) is 0. The largest absolute Gasteiger partial charge is 0.468 e. The number of methoxy groups -OCH3 is 6. The molecule has 0 saturated heterocycles. The monoisotopic (exact) mass is 878 g/mol. The molecule has 0 atom stereocenters. The summed E-state index contributed by atoms with van der Waals surface area (Å²) in [4.78, 5) is 79.2. The van der Waals surface area contributed by atoms with Gasteiger partial charge in [-0.15, -0.1) is 13.2 Å². The van der Waals surface area contributed by atoms with Gasteiger partial charge in [0.05, 0.1) is 46.1 Å². The van der Waals surface area contributed by atoms with Crippen LogP contribution in [0, 0.1) is 16.2 Å². The summed E-state index contributed by atoms with van der Waals surface area (Å²) < 4.78 is 30.7. The molecule has 0 aromatic rings. The van der Waals surface area contributed by atoms with Gasteiger partial charge < -0.3 is 28.4 Å². The predicted molar refractivity (Wildman–Crippen MR) is 208 cm³/mol. The van der Waals surface area contributed by atoms with Gasteiger partial charge in [-0.3, -0.25) is 28.8 Å². The zero-order valence-corrected chi connectivity index (χ0v) is 35.6. The van der Waals surface area contributed by atoms with E-state index in [4.69, 9.17) is 28.4 Å². The lowest BCUT2D eigenvalue weighted by atomic mass is 9.72. The third-order valence-corrected chi connectivity index (χ3v) is 10.8. The molecule has 0 amide bonds. The van der Waals surface area contributed by atoms with Crippen molar-refractivity contribution in [3.05, 3.63) is 34.3 Å². The quantitative estimate of drug-likeness (QED) is 0.0233. The Morgan fingerprint density at radius 1 is 0.453 bits per heavy atom. The summed E-state index contributed by atoms with van der Waals surface area (Å²) in [6.07, 6.45) is 13.0. The topological polar surface area (TPSA) is 158 Å². The van der Waals surface area contributed by atoms with Gasteiger partial charge >= 0.3 is 35.8 Å². The van der Waals surface area contributed by atoms with Crippen molar-refractivity contribution in [1.82, 2.24) is 0 Å². The molecule has 0 unspecified atom stereocenters. The van der Waals surface area contributed by atoms with Gasteiger partial charge in [0.1, 0.15) is 0 Å². The van der Waals surface area contributed by atoms with Crippen molar-refractivity contribution in [3.63, 3.8) is 0 Å². The Bertz CT molecular complexity index is 1210. The molecule has 0 aromatic carbocycles. The van der Waals surface area contributed by atoms with Gasteiger partial charge in [0.2, 0.25) is 0 Å². The molecule has 0 aromatic heterocycles. The molecule has 0 heterocycles. The van der Waals surface area contributed by atoms with E-state index in [0.717, 1.165) is 73.4 Å². The van der Waals surface area contributed by atoms with Gasteiger partial charge in [-0.05, 0) is 88.8 Å². The van der Waals surface area contributed by atoms with Crippen LogP contribution in [-0.4, -0.2) is 78.5 Å². The number of rotatable bonds is 29. The van der Waals surface area contributed by atoms with Crippen LogP contribution in [0.5, 0.6) is 0 Å². The Morgan fingerprint density at radius 2 is 0.755 bits per heavy atom. The van der Waals surface area contributed by atoms with Crippen molar-refractivity contribution in [2.45, 2.75) is 116 Å². The molecule has 0 rings (SSSR count). The Labute approximate surface area is 332 Å². The molecule has 0 aliphatic carbocycles. The Morgan fingerprint density at radius 3 is 1.09 bits per heavy atom. The highest BCUT2D eigenvalue weighted by Gasteiger charge is 2.53. The van der Waals surface area contributed by atoms with E-state index in [9.17, 15) is 28.8 Å². The minimum Gasteiger partial charge on any atom is -0.468 e. The smallest absolute Gasteiger partial charge is 0.323 e. The van der Waals surface area contributed by atoms with Crippen LogP contribution in [0.15, 0.2) is 34.3 Å². The Kier molecular flexibility index (Phi) is 25.2. The predicted octanol–water partition coefficient (Wildman–Crippen LogP) is 8.38. The molecule has 53 heavy (non-hydrogen) atoms. The summed E-state index contributed by atoms with van der Waals surface area (Å²) >= 11 is 6.72. The molecule has 0 spiro atoms. The van der Waals surface area contributed by atoms with Gasteiger partial charge in [-0.1, -0.05) is 76.4 Å². The summed E-state index contributed by atoms with van der Waals surface area (Å²) in [5.74, 6) is -4.74. The maximum Gasteiger partial charge on any atom is 0.323 e. The fraction of sp³-hybridized carbons (Fsp3) is 0.692. The highest BCUT2D eigenvalue weighted by Crippen LogP contribution is 2.45. The Balaban J connectivity index is 6.06. The van der Waals surface area contributed by atoms with E-state index in [0.29, 0.717) is 47.5 Å². The minimum atomic E-state index is -1.86. The first-order valence-corrected chi connectivity index (χ1v) is 19.6. The minimum absolute atomic E-state index is 0.0131. The first kappa shape index (κ1) is 50.0. The number of allylic oxidation sites excluding steroid dienone is 3. The van der Waals surface area contributed by atoms with Crippen LogP contribution in [0.2, 0.25) is 0 Å². The van der Waals surface area contributed by atoms with Crippen LogP contribution in [0.25, 0.3) is 0 Å². The Hall–Kier alpha value is -3.00. The molecule has 14 heteroatoms. The van der Waals surface area contributed by atoms with E-state index in [1.54, 1.807) is 0 Å². The zero-order valence-electron chi connectivity index (χ0n) is 32.5. The van der Waals surface area contributed by atoms with E-state index >= 15 is 0 Å². The molecule has 302 valence electrons. The maximum absolute atomic E-state index is 13.5. The summed E-state index contributed by atoms with van der Waals surface area (Å²) in [6, 6.07) is 0. The SMILES string of the molecule is C=CCCCCCCCCCC(CCCCCCC(CC(CC(CC=C)(C(=O)OC)C(=O)OC)=C(Br)Br)(C(=O)OC)C(=O)OC)(C(=O)OC)C(=O)OC. The lowest BCUT2D eigenvalue weighted by molar-refractivity contribution is -0.172. The number of unbranched alkanes of at least 4 members (excludes halogenated alkanes) is 10. The van der Waals surface area contributed by atoms with E-state index in [1.165, 1.54) is 20.3 Å². The third kappa shape index (κ3) is 14.6. The van der Waals surface area contributed by atoms with Crippen molar-refractivity contribution in [2.75, 3.05) is 42.7 Å². The van der Waals surface area contributed by atoms with E-state index in [-0.39, 0.29) is 32.1 Å². The van der Waals surface area contributed by atoms with Gasteiger partial charge in [0, 0.05) is 0 Å². The average molecular weight is 881 g/mol. The molecule has 0 fully saturated rings. The number of halogens is 2. The van der Waals surface area contributed by atoms with Crippen LogP contribution < -0.4 is 0 Å². The van der Waals surface area contributed by atoms with Gasteiger partial charge in [0.15, 0.2) is 16.2 Å². The fourth-order valence-electron chi connectivity index (χ4n) is 6.75. The molecule has 0 radical (unpaired) electrons. The van der Waals surface area contributed by atoms with Crippen molar-refractivity contribution < 1.29 is 57.2 Å². The first-order valence-electron chi connectivity index (χ1n) is 18.0. The molecule has 0 bridgehead atoms. The molecule has 0 aliphatic heterocycles. The molecule has 0 saturated carbocycles. The normalized spacial score (nSPS) is 11.5. The third-order valence-electron chi connectivity index (χ3n) is 9.72. The number of esters is 6. The highest BCUT2D eigenvalue weighted by molar-refractivity contribution is 9.28. The highest BCUT2D eigenvalue weighted by atomic mass is 79.9. The van der Waals surface area contributed by atoms with Crippen molar-refractivity contribution in [2.24, 2.45) is 16.2 Å². The van der Waals surface area contributed by atoms with E-state index in [2.05, 4.69) is 45.0 Å². The van der Waals surface area contributed by atoms with Crippen LogP contribution in [0.4, 0.5) is 0 Å². The van der Waals surface area contributed by atoms with Gasteiger partial charge in [-0.2, -0.15) is 0 Å².